The summed E-state index contributed by atoms with van der Waals surface area (Å²) in [5.74, 6) is -2.30. The Labute approximate surface area is 208 Å². The van der Waals surface area contributed by atoms with Crippen LogP contribution in [0.15, 0.2) is 59.5 Å². The summed E-state index contributed by atoms with van der Waals surface area (Å²) in [5, 5.41) is 7.12. The first-order valence-corrected chi connectivity index (χ1v) is 12.8. The summed E-state index contributed by atoms with van der Waals surface area (Å²) in [7, 11) is -1.97. The summed E-state index contributed by atoms with van der Waals surface area (Å²) in [6, 6.07) is 16.6. The van der Waals surface area contributed by atoms with Gasteiger partial charge >= 0.3 is 12.1 Å². The number of benzene rings is 2. The van der Waals surface area contributed by atoms with Gasteiger partial charge in [0.15, 0.2) is 0 Å². The SMILES string of the molecule is COCCN1CC[C@@H]2Oc3ccccc3S(=O)(=O)N(Cc3ccccc3)[C@H]2CC1.O=C(O)C(F)(F)F. The van der Waals surface area contributed by atoms with E-state index in [1.807, 2.05) is 36.4 Å². The van der Waals surface area contributed by atoms with Crippen molar-refractivity contribution in [2.45, 2.75) is 42.6 Å². The molecular weight excluding hydrogens is 501 g/mol. The Morgan fingerprint density at radius 1 is 1.08 bits per heavy atom. The second-order valence-electron chi connectivity index (χ2n) is 8.42. The highest BCUT2D eigenvalue weighted by molar-refractivity contribution is 7.89. The first-order valence-electron chi connectivity index (χ1n) is 11.4. The molecule has 0 spiro atoms. The van der Waals surface area contributed by atoms with E-state index in [0.717, 1.165) is 38.0 Å². The summed E-state index contributed by atoms with van der Waals surface area (Å²) in [6.07, 6.45) is -3.75. The molecule has 2 atom stereocenters. The fourth-order valence-corrected chi connectivity index (χ4v) is 6.01. The molecule has 2 heterocycles. The maximum Gasteiger partial charge on any atom is 0.490 e. The standard InChI is InChI=1S/C22H28N2O4S.C2HF3O2/c1-27-16-15-23-13-11-19-20(12-14-23)28-21-9-5-6-10-22(21)29(25,26)24(19)17-18-7-3-2-4-8-18;3-2(4,5)1(6)7/h2-10,19-20H,11-17H2,1H3;(H,6,7)/t19-,20-;/m0./s1. The molecule has 0 aliphatic carbocycles. The van der Waals surface area contributed by atoms with Gasteiger partial charge in [-0.1, -0.05) is 42.5 Å². The fraction of sp³-hybridized carbons (Fsp3) is 0.458. The third-order valence-electron chi connectivity index (χ3n) is 6.02. The highest BCUT2D eigenvalue weighted by Crippen LogP contribution is 2.37. The van der Waals surface area contributed by atoms with Crippen LogP contribution in [0, 0.1) is 0 Å². The number of alkyl halides is 3. The molecule has 1 fully saturated rings. The van der Waals surface area contributed by atoms with Crippen LogP contribution in [-0.2, 0) is 26.1 Å². The molecule has 1 N–H and O–H groups in total. The van der Waals surface area contributed by atoms with Crippen molar-refractivity contribution in [3.63, 3.8) is 0 Å². The van der Waals surface area contributed by atoms with Gasteiger partial charge in [-0.15, -0.1) is 0 Å². The molecule has 8 nitrogen and oxygen atoms in total. The number of nitrogens with zero attached hydrogens (tertiary/aromatic N) is 2. The number of para-hydroxylation sites is 1. The van der Waals surface area contributed by atoms with E-state index < -0.39 is 22.2 Å². The van der Waals surface area contributed by atoms with Gasteiger partial charge in [-0.2, -0.15) is 17.5 Å². The maximum absolute atomic E-state index is 13.7. The van der Waals surface area contributed by atoms with Crippen molar-refractivity contribution in [2.24, 2.45) is 0 Å². The molecular formula is C24H29F3N2O6S. The quantitative estimate of drug-likeness (QED) is 0.633. The molecule has 2 aliphatic rings. The van der Waals surface area contributed by atoms with Gasteiger partial charge in [0.05, 0.1) is 12.6 Å². The van der Waals surface area contributed by atoms with Crippen LogP contribution in [0.1, 0.15) is 18.4 Å². The molecule has 12 heteroatoms. The number of aliphatic carboxylic acids is 1. The number of carbonyl (C=O) groups is 1. The molecule has 198 valence electrons. The molecule has 0 bridgehead atoms. The van der Waals surface area contributed by atoms with Gasteiger partial charge in [-0.25, -0.2) is 13.2 Å². The number of hydrogen-bond acceptors (Lipinski definition) is 6. The number of carboxylic acid groups (broad SMARTS) is 1. The molecule has 2 aliphatic heterocycles. The van der Waals surface area contributed by atoms with Crippen LogP contribution in [0.3, 0.4) is 0 Å². The largest absolute Gasteiger partial charge is 0.490 e. The van der Waals surface area contributed by atoms with Crippen LogP contribution in [-0.4, -0.2) is 80.4 Å². The number of fused-ring (bicyclic) bond motifs is 2. The van der Waals surface area contributed by atoms with Crippen LogP contribution in [0.2, 0.25) is 0 Å². The number of likely N-dealkylation sites (tertiary alicyclic amines) is 1. The molecule has 4 rings (SSSR count). The Balaban J connectivity index is 0.000000454. The first kappa shape index (κ1) is 27.9. The van der Waals surface area contributed by atoms with Gasteiger partial charge in [0.25, 0.3) is 0 Å². The molecule has 0 saturated carbocycles. The van der Waals surface area contributed by atoms with Crippen LogP contribution >= 0.6 is 0 Å². The lowest BCUT2D eigenvalue weighted by Gasteiger charge is -2.32. The normalized spacial score (nSPS) is 22.0. The number of methoxy groups -OCH3 is 1. The van der Waals surface area contributed by atoms with Gasteiger partial charge in [0.2, 0.25) is 10.0 Å². The first-order chi connectivity index (χ1) is 17.0. The molecule has 0 radical (unpaired) electrons. The molecule has 1 saturated heterocycles. The zero-order valence-corrected chi connectivity index (χ0v) is 20.5. The second-order valence-corrected chi connectivity index (χ2v) is 10.3. The van der Waals surface area contributed by atoms with E-state index in [1.54, 1.807) is 29.6 Å². The maximum atomic E-state index is 13.7. The fourth-order valence-electron chi connectivity index (χ4n) is 4.22. The van der Waals surface area contributed by atoms with Crippen LogP contribution in [0.5, 0.6) is 5.75 Å². The number of hydrogen-bond donors (Lipinski definition) is 1. The van der Waals surface area contributed by atoms with E-state index in [1.165, 1.54) is 0 Å². The van der Waals surface area contributed by atoms with Crippen LogP contribution in [0.25, 0.3) is 0 Å². The highest BCUT2D eigenvalue weighted by Gasteiger charge is 2.43. The Bertz CT molecular complexity index is 1110. The van der Waals surface area contributed by atoms with Gasteiger partial charge in [0.1, 0.15) is 16.7 Å². The minimum Gasteiger partial charge on any atom is -0.487 e. The molecule has 2 aromatic rings. The van der Waals surface area contributed by atoms with Gasteiger partial charge < -0.3 is 19.5 Å². The Hall–Kier alpha value is -2.67. The minimum absolute atomic E-state index is 0.176. The average Bonchev–Trinajstić information content (AvgIpc) is 3.08. The Morgan fingerprint density at radius 2 is 1.69 bits per heavy atom. The van der Waals surface area contributed by atoms with Gasteiger partial charge in [-0.05, 0) is 37.1 Å². The van der Waals surface area contributed by atoms with Gasteiger partial charge in [-0.3, -0.25) is 0 Å². The zero-order chi connectivity index (χ0) is 26.3. The van der Waals surface area contributed by atoms with Crippen molar-refractivity contribution >= 4 is 16.0 Å². The van der Waals surface area contributed by atoms with Crippen LogP contribution < -0.4 is 4.74 Å². The van der Waals surface area contributed by atoms with E-state index in [2.05, 4.69) is 4.90 Å². The topological polar surface area (TPSA) is 96.4 Å². The van der Waals surface area contributed by atoms with Crippen molar-refractivity contribution in [3.05, 3.63) is 60.2 Å². The van der Waals surface area contributed by atoms with E-state index >= 15 is 0 Å². The summed E-state index contributed by atoms with van der Waals surface area (Å²) in [4.78, 5) is 11.5. The third kappa shape index (κ3) is 6.96. The lowest BCUT2D eigenvalue weighted by atomic mass is 10.1. The lowest BCUT2D eigenvalue weighted by Crippen LogP contribution is -2.46. The molecule has 0 amide bonds. The highest BCUT2D eigenvalue weighted by atomic mass is 32.2. The zero-order valence-electron chi connectivity index (χ0n) is 19.7. The Morgan fingerprint density at radius 3 is 2.33 bits per heavy atom. The minimum atomic E-state index is -5.08. The second kappa shape index (κ2) is 12.0. The summed E-state index contributed by atoms with van der Waals surface area (Å²) in [6.45, 7) is 3.56. The number of carboxylic acids is 1. The van der Waals surface area contributed by atoms with Crippen molar-refractivity contribution < 1.29 is 41.0 Å². The van der Waals surface area contributed by atoms with E-state index in [0.29, 0.717) is 18.9 Å². The monoisotopic (exact) mass is 530 g/mol. The van der Waals surface area contributed by atoms with Crippen molar-refractivity contribution in [1.82, 2.24) is 9.21 Å². The van der Waals surface area contributed by atoms with Crippen molar-refractivity contribution in [2.75, 3.05) is 33.4 Å². The third-order valence-corrected chi connectivity index (χ3v) is 7.93. The molecule has 2 aromatic carbocycles. The summed E-state index contributed by atoms with van der Waals surface area (Å²) in [5.41, 5.74) is 0.981. The van der Waals surface area contributed by atoms with Crippen molar-refractivity contribution in [3.8, 4) is 5.75 Å². The Kier molecular flexibility index (Phi) is 9.34. The molecule has 0 aromatic heterocycles. The lowest BCUT2D eigenvalue weighted by molar-refractivity contribution is -0.192. The molecule has 36 heavy (non-hydrogen) atoms. The van der Waals surface area contributed by atoms with Crippen LogP contribution in [0.4, 0.5) is 13.2 Å². The average molecular weight is 531 g/mol. The predicted molar refractivity (Wildman–Crippen MR) is 125 cm³/mol. The number of sulfonamides is 1. The number of rotatable bonds is 5. The van der Waals surface area contributed by atoms with E-state index in [9.17, 15) is 21.6 Å². The number of ether oxygens (including phenoxy) is 2. The van der Waals surface area contributed by atoms with E-state index in [-0.39, 0.29) is 17.0 Å². The predicted octanol–water partition coefficient (Wildman–Crippen LogP) is 3.38. The summed E-state index contributed by atoms with van der Waals surface area (Å²) < 4.78 is 72.3. The summed E-state index contributed by atoms with van der Waals surface area (Å²) >= 11 is 0. The van der Waals surface area contributed by atoms with Crippen molar-refractivity contribution in [1.29, 1.82) is 0 Å². The smallest absolute Gasteiger partial charge is 0.487 e. The number of halogens is 3. The molecule has 0 unspecified atom stereocenters. The van der Waals surface area contributed by atoms with E-state index in [4.69, 9.17) is 19.4 Å². The van der Waals surface area contributed by atoms with Gasteiger partial charge in [0, 0.05) is 26.7 Å².